The second kappa shape index (κ2) is 10.6. The fourth-order valence-electron chi connectivity index (χ4n) is 4.49. The highest BCUT2D eigenvalue weighted by atomic mass is 35.5. The summed E-state index contributed by atoms with van der Waals surface area (Å²) in [6.07, 6.45) is 0. The molecule has 6 heteroatoms. The highest BCUT2D eigenvalue weighted by molar-refractivity contribution is 6.31. The third kappa shape index (κ3) is 5.44. The minimum Gasteiger partial charge on any atom is -0.233 e. The summed E-state index contributed by atoms with van der Waals surface area (Å²) in [5.74, 6) is 2.50. The van der Waals surface area contributed by atoms with Crippen LogP contribution in [-0.4, -0.2) is 24.9 Å². The highest BCUT2D eigenvalue weighted by Gasteiger charge is 2.14. The Kier molecular flexibility index (Phi) is 6.66. The van der Waals surface area contributed by atoms with Crippen molar-refractivity contribution in [3.05, 3.63) is 126 Å². The number of hydrogen-bond donors (Lipinski definition) is 0. The summed E-state index contributed by atoms with van der Waals surface area (Å²) in [6.45, 7) is 3.96. The van der Waals surface area contributed by atoms with Gasteiger partial charge in [-0.1, -0.05) is 96.5 Å². The van der Waals surface area contributed by atoms with Crippen LogP contribution in [0, 0.1) is 13.8 Å². The van der Waals surface area contributed by atoms with Crippen LogP contribution in [-0.2, 0) is 0 Å². The summed E-state index contributed by atoms with van der Waals surface area (Å²) < 4.78 is 0. The Morgan fingerprint density at radius 1 is 0.385 bits per heavy atom. The molecule has 0 amide bonds. The van der Waals surface area contributed by atoms with Gasteiger partial charge in [0, 0.05) is 38.7 Å². The average molecular weight is 526 g/mol. The summed E-state index contributed by atoms with van der Waals surface area (Å²) >= 11 is 6.63. The third-order valence-corrected chi connectivity index (χ3v) is 6.53. The van der Waals surface area contributed by atoms with Crippen LogP contribution >= 0.6 is 11.6 Å². The number of hydrogen-bond acceptors (Lipinski definition) is 5. The summed E-state index contributed by atoms with van der Waals surface area (Å²) in [5, 5.41) is 0.604. The van der Waals surface area contributed by atoms with Gasteiger partial charge in [0.1, 0.15) is 0 Å². The SMILES string of the molecule is Cc1cc(C)nc(-c2ccc(-c3cc(Cl)cc(-c4nc(-c5ccccc5)nc(-c5ccccc5)n4)c3)cc2)n1. The van der Waals surface area contributed by atoms with Crippen LogP contribution in [0.1, 0.15) is 11.4 Å². The normalized spacial score (nSPS) is 10.9. The van der Waals surface area contributed by atoms with Crippen LogP contribution in [0.3, 0.4) is 0 Å². The van der Waals surface area contributed by atoms with Crippen LogP contribution in [0.15, 0.2) is 109 Å². The average Bonchev–Trinajstić information content (AvgIpc) is 2.97. The van der Waals surface area contributed by atoms with Gasteiger partial charge in [-0.15, -0.1) is 0 Å². The second-order valence-electron chi connectivity index (χ2n) is 9.32. The summed E-state index contributed by atoms with van der Waals surface area (Å²) in [4.78, 5) is 23.7. The summed E-state index contributed by atoms with van der Waals surface area (Å²) in [6, 6.07) is 35.9. The molecule has 0 N–H and O–H groups in total. The Balaban J connectivity index is 1.42. The number of nitrogens with zero attached hydrogens (tertiary/aromatic N) is 5. The standard InChI is InChI=1S/C33H24ClN5/c1-21-17-22(2)36-30(35-21)26-15-13-23(14-16-26)27-18-28(20-29(34)19-27)33-38-31(24-9-5-3-6-10-24)37-32(39-33)25-11-7-4-8-12-25/h3-20H,1-2H3. The second-order valence-corrected chi connectivity index (χ2v) is 9.75. The Morgan fingerprint density at radius 3 is 1.33 bits per heavy atom. The van der Waals surface area contributed by atoms with E-state index < -0.39 is 0 Å². The lowest BCUT2D eigenvalue weighted by Crippen LogP contribution is -2.00. The van der Waals surface area contributed by atoms with Gasteiger partial charge in [-0.05, 0) is 49.2 Å². The van der Waals surface area contributed by atoms with Gasteiger partial charge in [-0.2, -0.15) is 0 Å². The molecule has 0 aliphatic carbocycles. The molecule has 5 nitrogen and oxygen atoms in total. The summed E-state index contributed by atoms with van der Waals surface area (Å²) in [5.41, 5.74) is 7.50. The molecule has 6 aromatic rings. The Hall–Kier alpha value is -4.74. The highest BCUT2D eigenvalue weighted by Crippen LogP contribution is 2.32. The lowest BCUT2D eigenvalue weighted by atomic mass is 10.0. The van der Waals surface area contributed by atoms with Crippen molar-refractivity contribution in [1.82, 2.24) is 24.9 Å². The molecule has 0 aliphatic rings. The van der Waals surface area contributed by atoms with Crippen LogP contribution < -0.4 is 0 Å². The minimum absolute atomic E-state index is 0.562. The van der Waals surface area contributed by atoms with Crippen molar-refractivity contribution >= 4 is 11.6 Å². The van der Waals surface area contributed by atoms with E-state index in [9.17, 15) is 0 Å². The number of benzene rings is 4. The van der Waals surface area contributed by atoms with Gasteiger partial charge >= 0.3 is 0 Å². The van der Waals surface area contributed by atoms with E-state index in [0.717, 1.165) is 50.6 Å². The van der Waals surface area contributed by atoms with Crippen LogP contribution in [0.4, 0.5) is 0 Å². The van der Waals surface area contributed by atoms with E-state index >= 15 is 0 Å². The first-order chi connectivity index (χ1) is 19.0. The fourth-order valence-corrected chi connectivity index (χ4v) is 4.72. The van der Waals surface area contributed by atoms with Crippen molar-refractivity contribution in [3.63, 3.8) is 0 Å². The van der Waals surface area contributed by atoms with Crippen molar-refractivity contribution in [2.75, 3.05) is 0 Å². The molecular weight excluding hydrogens is 502 g/mol. The van der Waals surface area contributed by atoms with Crippen molar-refractivity contribution in [2.45, 2.75) is 13.8 Å². The molecule has 0 aliphatic heterocycles. The van der Waals surface area contributed by atoms with Crippen LogP contribution in [0.2, 0.25) is 5.02 Å². The quantitative estimate of drug-likeness (QED) is 0.226. The van der Waals surface area contributed by atoms with Gasteiger partial charge < -0.3 is 0 Å². The minimum atomic E-state index is 0.562. The lowest BCUT2D eigenvalue weighted by molar-refractivity contribution is 1.06. The zero-order valence-corrected chi connectivity index (χ0v) is 22.3. The number of halogens is 1. The van der Waals surface area contributed by atoms with E-state index in [1.165, 1.54) is 0 Å². The zero-order chi connectivity index (χ0) is 26.8. The molecule has 4 aromatic carbocycles. The maximum atomic E-state index is 6.63. The van der Waals surface area contributed by atoms with Crippen molar-refractivity contribution in [3.8, 4) is 56.7 Å². The molecule has 0 bridgehead atoms. The van der Waals surface area contributed by atoms with Crippen LogP contribution in [0.5, 0.6) is 0 Å². The first kappa shape index (κ1) is 24.6. The van der Waals surface area contributed by atoms with Gasteiger partial charge in [0.2, 0.25) is 0 Å². The number of rotatable bonds is 5. The molecule has 2 aromatic heterocycles. The van der Waals surface area contributed by atoms with E-state index in [1.54, 1.807) is 0 Å². The van der Waals surface area contributed by atoms with Gasteiger partial charge in [0.25, 0.3) is 0 Å². The Labute approximate surface area is 232 Å². The molecule has 39 heavy (non-hydrogen) atoms. The molecule has 0 spiro atoms. The van der Waals surface area contributed by atoms with Gasteiger partial charge in [-0.3, -0.25) is 0 Å². The molecular formula is C33H24ClN5. The molecule has 2 heterocycles. The van der Waals surface area contributed by atoms with E-state index in [2.05, 4.69) is 28.2 Å². The number of aromatic nitrogens is 5. The predicted molar refractivity (Wildman–Crippen MR) is 157 cm³/mol. The van der Waals surface area contributed by atoms with Gasteiger partial charge in [-0.25, -0.2) is 24.9 Å². The number of aryl methyl sites for hydroxylation is 2. The van der Waals surface area contributed by atoms with Crippen molar-refractivity contribution < 1.29 is 0 Å². The largest absolute Gasteiger partial charge is 0.233 e. The van der Waals surface area contributed by atoms with E-state index in [4.69, 9.17) is 26.6 Å². The third-order valence-electron chi connectivity index (χ3n) is 6.31. The first-order valence-electron chi connectivity index (χ1n) is 12.6. The smallest absolute Gasteiger partial charge is 0.164 e. The summed E-state index contributed by atoms with van der Waals surface area (Å²) in [7, 11) is 0. The molecule has 0 fully saturated rings. The molecule has 6 rings (SSSR count). The molecule has 0 saturated heterocycles. The zero-order valence-electron chi connectivity index (χ0n) is 21.5. The molecule has 0 unspecified atom stereocenters. The first-order valence-corrected chi connectivity index (χ1v) is 13.0. The molecule has 0 radical (unpaired) electrons. The maximum absolute atomic E-state index is 6.63. The maximum Gasteiger partial charge on any atom is 0.164 e. The monoisotopic (exact) mass is 525 g/mol. The van der Waals surface area contributed by atoms with E-state index in [-0.39, 0.29) is 0 Å². The Morgan fingerprint density at radius 2 is 0.795 bits per heavy atom. The van der Waals surface area contributed by atoms with Crippen molar-refractivity contribution in [1.29, 1.82) is 0 Å². The topological polar surface area (TPSA) is 64.5 Å². The lowest BCUT2D eigenvalue weighted by Gasteiger charge is -2.11. The van der Waals surface area contributed by atoms with E-state index in [0.29, 0.717) is 22.5 Å². The van der Waals surface area contributed by atoms with E-state index in [1.807, 2.05) is 105 Å². The fraction of sp³-hybridized carbons (Fsp3) is 0.0606. The molecule has 0 saturated carbocycles. The predicted octanol–water partition coefficient (Wildman–Crippen LogP) is 8.27. The van der Waals surface area contributed by atoms with Crippen LogP contribution in [0.25, 0.3) is 56.7 Å². The molecule has 188 valence electrons. The van der Waals surface area contributed by atoms with Crippen molar-refractivity contribution in [2.24, 2.45) is 0 Å². The molecule has 0 atom stereocenters. The van der Waals surface area contributed by atoms with Gasteiger partial charge in [0.15, 0.2) is 23.3 Å². The Bertz CT molecular complexity index is 1690. The van der Waals surface area contributed by atoms with Gasteiger partial charge in [0.05, 0.1) is 0 Å².